The van der Waals surface area contributed by atoms with E-state index in [1.54, 1.807) is 0 Å². The molecule has 2 aromatic rings. The third-order valence-electron chi connectivity index (χ3n) is 3.36. The van der Waals surface area contributed by atoms with Crippen molar-refractivity contribution in [3.63, 3.8) is 0 Å². The molecule has 0 unspecified atom stereocenters. The fourth-order valence-corrected chi connectivity index (χ4v) is 3.03. The first-order chi connectivity index (χ1) is 11.2. The molecule has 3 rings (SSSR count). The Hall–Kier alpha value is -1.85. The molecule has 0 saturated carbocycles. The molecule has 0 aliphatic carbocycles. The topological polar surface area (TPSA) is 47.6 Å². The monoisotopic (exact) mass is 349 g/mol. The normalized spacial score (nSPS) is 12.2. The fourth-order valence-electron chi connectivity index (χ4n) is 2.17. The van der Waals surface area contributed by atoms with Crippen molar-refractivity contribution in [2.45, 2.75) is 11.3 Å². The van der Waals surface area contributed by atoms with E-state index in [1.165, 1.54) is 11.8 Å². The first kappa shape index (κ1) is 16.0. The van der Waals surface area contributed by atoms with Crippen LogP contribution in [0.4, 0.5) is 0 Å². The largest absolute Gasteiger partial charge is 0.454 e. The molecule has 1 amide bonds. The lowest BCUT2D eigenvalue weighted by molar-refractivity contribution is -0.118. The van der Waals surface area contributed by atoms with E-state index >= 15 is 0 Å². The first-order valence-corrected chi connectivity index (χ1v) is 8.61. The molecule has 6 heteroatoms. The highest BCUT2D eigenvalue weighted by molar-refractivity contribution is 8.00. The number of hydrogen-bond donors (Lipinski definition) is 1. The minimum absolute atomic E-state index is 0.0192. The van der Waals surface area contributed by atoms with Crippen molar-refractivity contribution in [2.24, 2.45) is 0 Å². The lowest BCUT2D eigenvalue weighted by Crippen LogP contribution is -2.27. The molecule has 1 N–H and O–H groups in total. The zero-order valence-corrected chi connectivity index (χ0v) is 14.0. The number of ether oxygens (including phenoxy) is 2. The number of carbonyl (C=O) groups is 1. The van der Waals surface area contributed by atoms with E-state index in [-0.39, 0.29) is 12.7 Å². The van der Waals surface area contributed by atoms with Crippen LogP contribution >= 0.6 is 23.4 Å². The SMILES string of the molecule is O=C(CSc1ccc(Cl)cc1)NCCc1ccc2c(c1)OCO2. The summed E-state index contributed by atoms with van der Waals surface area (Å²) in [5.41, 5.74) is 1.11. The van der Waals surface area contributed by atoms with Crippen LogP contribution in [0.1, 0.15) is 5.56 Å². The van der Waals surface area contributed by atoms with Gasteiger partial charge in [-0.15, -0.1) is 11.8 Å². The third kappa shape index (κ3) is 4.56. The zero-order valence-electron chi connectivity index (χ0n) is 12.4. The van der Waals surface area contributed by atoms with E-state index in [4.69, 9.17) is 21.1 Å². The van der Waals surface area contributed by atoms with Crippen LogP contribution in [-0.4, -0.2) is 25.0 Å². The Morgan fingerprint density at radius 1 is 1.13 bits per heavy atom. The van der Waals surface area contributed by atoms with Gasteiger partial charge in [-0.05, 0) is 48.4 Å². The van der Waals surface area contributed by atoms with Gasteiger partial charge >= 0.3 is 0 Å². The lowest BCUT2D eigenvalue weighted by atomic mass is 10.1. The summed E-state index contributed by atoms with van der Waals surface area (Å²) >= 11 is 7.32. The van der Waals surface area contributed by atoms with Crippen molar-refractivity contribution in [1.82, 2.24) is 5.32 Å². The molecule has 120 valence electrons. The number of rotatable bonds is 6. The van der Waals surface area contributed by atoms with Gasteiger partial charge in [0.15, 0.2) is 11.5 Å². The average Bonchev–Trinajstić information content (AvgIpc) is 3.02. The van der Waals surface area contributed by atoms with Gasteiger partial charge in [-0.2, -0.15) is 0 Å². The van der Waals surface area contributed by atoms with E-state index in [9.17, 15) is 4.79 Å². The van der Waals surface area contributed by atoms with Gasteiger partial charge in [0.25, 0.3) is 0 Å². The minimum Gasteiger partial charge on any atom is -0.454 e. The smallest absolute Gasteiger partial charge is 0.231 e. The quantitative estimate of drug-likeness (QED) is 0.811. The molecule has 0 atom stereocenters. The van der Waals surface area contributed by atoms with Crippen molar-refractivity contribution in [1.29, 1.82) is 0 Å². The highest BCUT2D eigenvalue weighted by Crippen LogP contribution is 2.32. The van der Waals surface area contributed by atoms with Crippen molar-refractivity contribution >= 4 is 29.3 Å². The fraction of sp³-hybridized carbons (Fsp3) is 0.235. The predicted octanol–water partition coefficient (Wildman–Crippen LogP) is 3.52. The van der Waals surface area contributed by atoms with Gasteiger partial charge in [0.2, 0.25) is 12.7 Å². The second-order valence-corrected chi connectivity index (χ2v) is 6.52. The maximum Gasteiger partial charge on any atom is 0.231 e. The number of thioether (sulfide) groups is 1. The number of halogens is 1. The van der Waals surface area contributed by atoms with Gasteiger partial charge in [0, 0.05) is 16.5 Å². The molecule has 0 saturated heterocycles. The third-order valence-corrected chi connectivity index (χ3v) is 4.62. The van der Waals surface area contributed by atoms with Crippen LogP contribution in [0.5, 0.6) is 11.5 Å². The average molecular weight is 350 g/mol. The first-order valence-electron chi connectivity index (χ1n) is 7.24. The molecular formula is C17H16ClNO3S. The van der Waals surface area contributed by atoms with Gasteiger partial charge in [0.05, 0.1) is 5.75 Å². The van der Waals surface area contributed by atoms with Crippen LogP contribution in [-0.2, 0) is 11.2 Å². The summed E-state index contributed by atoms with van der Waals surface area (Å²) < 4.78 is 10.6. The molecule has 0 radical (unpaired) electrons. The summed E-state index contributed by atoms with van der Waals surface area (Å²) in [6, 6.07) is 13.3. The van der Waals surface area contributed by atoms with Gasteiger partial charge in [0.1, 0.15) is 0 Å². The second kappa shape index (κ2) is 7.62. The minimum atomic E-state index is 0.0192. The summed E-state index contributed by atoms with van der Waals surface area (Å²) in [7, 11) is 0. The Morgan fingerprint density at radius 2 is 1.91 bits per heavy atom. The summed E-state index contributed by atoms with van der Waals surface area (Å²) in [4.78, 5) is 12.9. The van der Waals surface area contributed by atoms with Crippen LogP contribution < -0.4 is 14.8 Å². The predicted molar refractivity (Wildman–Crippen MR) is 91.5 cm³/mol. The maximum absolute atomic E-state index is 11.9. The lowest BCUT2D eigenvalue weighted by Gasteiger charge is -2.06. The highest BCUT2D eigenvalue weighted by atomic mass is 35.5. The number of amides is 1. The van der Waals surface area contributed by atoms with Crippen LogP contribution in [0, 0.1) is 0 Å². The molecule has 0 bridgehead atoms. The number of carbonyl (C=O) groups excluding carboxylic acids is 1. The maximum atomic E-state index is 11.9. The second-order valence-electron chi connectivity index (χ2n) is 5.03. The standard InChI is InChI=1S/C17H16ClNO3S/c18-13-2-4-14(5-3-13)23-10-17(20)19-8-7-12-1-6-15-16(9-12)22-11-21-15/h1-6,9H,7-8,10-11H2,(H,19,20). The number of hydrogen-bond acceptors (Lipinski definition) is 4. The van der Waals surface area contributed by atoms with Crippen molar-refractivity contribution in [3.8, 4) is 11.5 Å². The van der Waals surface area contributed by atoms with Crippen LogP contribution in [0.3, 0.4) is 0 Å². The van der Waals surface area contributed by atoms with E-state index in [1.807, 2.05) is 42.5 Å². The van der Waals surface area contributed by atoms with Crippen LogP contribution in [0.2, 0.25) is 5.02 Å². The van der Waals surface area contributed by atoms with E-state index in [0.29, 0.717) is 17.3 Å². The molecule has 0 aromatic heterocycles. The molecule has 1 aliphatic heterocycles. The molecule has 2 aromatic carbocycles. The Kier molecular flexibility index (Phi) is 5.31. The van der Waals surface area contributed by atoms with Crippen LogP contribution in [0.15, 0.2) is 47.4 Å². The molecular weight excluding hydrogens is 334 g/mol. The summed E-state index contributed by atoms with van der Waals surface area (Å²) in [5, 5.41) is 3.62. The van der Waals surface area contributed by atoms with Crippen molar-refractivity contribution in [2.75, 3.05) is 19.1 Å². The molecule has 1 aliphatic rings. The Balaban J connectivity index is 1.40. The van der Waals surface area contributed by atoms with E-state index < -0.39 is 0 Å². The summed E-state index contributed by atoms with van der Waals surface area (Å²) in [6.45, 7) is 0.872. The van der Waals surface area contributed by atoms with Gasteiger partial charge in [-0.3, -0.25) is 4.79 Å². The van der Waals surface area contributed by atoms with Gasteiger partial charge in [-0.25, -0.2) is 0 Å². The van der Waals surface area contributed by atoms with Crippen molar-refractivity contribution in [3.05, 3.63) is 53.1 Å². The van der Waals surface area contributed by atoms with Gasteiger partial charge in [-0.1, -0.05) is 17.7 Å². The van der Waals surface area contributed by atoms with Crippen molar-refractivity contribution < 1.29 is 14.3 Å². The van der Waals surface area contributed by atoms with E-state index in [0.717, 1.165) is 28.4 Å². The Labute approximate surface area is 144 Å². The molecule has 1 heterocycles. The van der Waals surface area contributed by atoms with Gasteiger partial charge < -0.3 is 14.8 Å². The molecule has 0 fully saturated rings. The highest BCUT2D eigenvalue weighted by Gasteiger charge is 2.13. The zero-order chi connectivity index (χ0) is 16.1. The molecule has 4 nitrogen and oxygen atoms in total. The number of fused-ring (bicyclic) bond motifs is 1. The number of benzene rings is 2. The summed E-state index contributed by atoms with van der Waals surface area (Å²) in [5.74, 6) is 1.96. The Bertz CT molecular complexity index is 691. The van der Waals surface area contributed by atoms with Crippen LogP contribution in [0.25, 0.3) is 0 Å². The Morgan fingerprint density at radius 3 is 2.74 bits per heavy atom. The summed E-state index contributed by atoms with van der Waals surface area (Å²) in [6.07, 6.45) is 0.758. The molecule has 23 heavy (non-hydrogen) atoms. The van der Waals surface area contributed by atoms with E-state index in [2.05, 4.69) is 5.32 Å². The number of nitrogens with one attached hydrogen (secondary N) is 1. The molecule has 0 spiro atoms.